The van der Waals surface area contributed by atoms with Crippen molar-refractivity contribution >= 4 is 60.5 Å². The molecule has 4 rings (SSSR count). The maximum absolute atomic E-state index is 12.2. The molecule has 148 valence electrons. The summed E-state index contributed by atoms with van der Waals surface area (Å²) in [6.07, 6.45) is 4.08. The molecule has 3 N–H and O–H groups in total. The number of benzene rings is 2. The van der Waals surface area contributed by atoms with Gasteiger partial charge in [-0.1, -0.05) is 11.6 Å². The lowest BCUT2D eigenvalue weighted by atomic mass is 10.1. The standard InChI is InChI=1S/C19H16ClN5O3S/c1-25-15-7-12(4-3-10(15)8-23-25)24-17-13-5-11(20)6-16(29(2,27)28)18(13)22-9-14(17)19(21)26/h3-9H,1-2H3,(H2,21,26)(H,22,24). The van der Waals surface area contributed by atoms with Crippen LogP contribution in [-0.4, -0.2) is 35.3 Å². The Kier molecular flexibility index (Phi) is 4.44. The van der Waals surface area contributed by atoms with Crippen molar-refractivity contribution in [2.75, 3.05) is 11.6 Å². The molecule has 0 saturated carbocycles. The van der Waals surface area contributed by atoms with Crippen molar-refractivity contribution < 1.29 is 13.2 Å². The third-order valence-electron chi connectivity index (χ3n) is 4.58. The van der Waals surface area contributed by atoms with Crippen LogP contribution in [0.25, 0.3) is 21.8 Å². The van der Waals surface area contributed by atoms with Gasteiger partial charge in [0.15, 0.2) is 9.84 Å². The molecule has 8 nitrogen and oxygen atoms in total. The van der Waals surface area contributed by atoms with E-state index in [1.54, 1.807) is 16.9 Å². The molecule has 0 aliphatic carbocycles. The molecule has 2 aromatic carbocycles. The molecule has 0 fully saturated rings. The SMILES string of the molecule is Cn1ncc2ccc(Nc3c(C(N)=O)cnc4c(S(C)(=O)=O)cc(Cl)cc34)cc21. The van der Waals surface area contributed by atoms with Crippen molar-refractivity contribution in [3.63, 3.8) is 0 Å². The molecule has 29 heavy (non-hydrogen) atoms. The molecular formula is C19H16ClN5O3S. The number of sulfone groups is 1. The fourth-order valence-corrected chi connectivity index (χ4v) is 4.34. The number of carbonyl (C=O) groups is 1. The largest absolute Gasteiger partial charge is 0.365 e. The molecule has 4 aromatic rings. The summed E-state index contributed by atoms with van der Waals surface area (Å²) in [7, 11) is -1.78. The summed E-state index contributed by atoms with van der Waals surface area (Å²) in [5, 5.41) is 8.92. The number of amides is 1. The normalized spacial score (nSPS) is 11.8. The number of rotatable bonds is 4. The number of anilines is 2. The van der Waals surface area contributed by atoms with Gasteiger partial charge in [-0.25, -0.2) is 8.42 Å². The first-order chi connectivity index (χ1) is 13.6. The van der Waals surface area contributed by atoms with Gasteiger partial charge in [-0.3, -0.25) is 14.5 Å². The Morgan fingerprint density at radius 3 is 2.66 bits per heavy atom. The molecule has 0 bridgehead atoms. The van der Waals surface area contributed by atoms with E-state index >= 15 is 0 Å². The number of aryl methyl sites for hydroxylation is 1. The molecule has 0 atom stereocenters. The van der Waals surface area contributed by atoms with Gasteiger partial charge in [-0.05, 0) is 30.3 Å². The number of pyridine rings is 1. The minimum Gasteiger partial charge on any atom is -0.365 e. The summed E-state index contributed by atoms with van der Waals surface area (Å²) in [6.45, 7) is 0. The van der Waals surface area contributed by atoms with Gasteiger partial charge < -0.3 is 11.1 Å². The first-order valence-corrected chi connectivity index (χ1v) is 10.7. The molecule has 0 spiro atoms. The molecular weight excluding hydrogens is 414 g/mol. The van der Waals surface area contributed by atoms with Gasteiger partial charge in [0, 0.05) is 41.0 Å². The first-order valence-electron chi connectivity index (χ1n) is 8.46. The van der Waals surface area contributed by atoms with E-state index in [0.29, 0.717) is 16.8 Å². The summed E-state index contributed by atoms with van der Waals surface area (Å²) >= 11 is 6.17. The topological polar surface area (TPSA) is 120 Å². The van der Waals surface area contributed by atoms with E-state index in [9.17, 15) is 13.2 Å². The van der Waals surface area contributed by atoms with Crippen LogP contribution in [0, 0.1) is 0 Å². The minimum absolute atomic E-state index is 0.0267. The summed E-state index contributed by atoms with van der Waals surface area (Å²) in [5.41, 5.74) is 7.72. The number of aromatic nitrogens is 3. The highest BCUT2D eigenvalue weighted by Gasteiger charge is 2.20. The first kappa shape index (κ1) is 19.2. The Balaban J connectivity index is 1.99. The van der Waals surface area contributed by atoms with Gasteiger partial charge in [0.25, 0.3) is 5.91 Å². The van der Waals surface area contributed by atoms with Gasteiger partial charge in [-0.15, -0.1) is 0 Å². The van der Waals surface area contributed by atoms with Gasteiger partial charge in [-0.2, -0.15) is 5.10 Å². The zero-order valence-corrected chi connectivity index (χ0v) is 17.0. The van der Waals surface area contributed by atoms with Crippen molar-refractivity contribution in [3.8, 4) is 0 Å². The predicted octanol–water partition coefficient (Wildman–Crippen LogP) is 3.02. The number of hydrogen-bond donors (Lipinski definition) is 2. The molecule has 2 aromatic heterocycles. The predicted molar refractivity (Wildman–Crippen MR) is 112 cm³/mol. The Hall–Kier alpha value is -3.17. The Bertz CT molecular complexity index is 1410. The molecule has 0 aliphatic heterocycles. The molecule has 0 aliphatic rings. The lowest BCUT2D eigenvalue weighted by Crippen LogP contribution is -2.14. The number of fused-ring (bicyclic) bond motifs is 2. The van der Waals surface area contributed by atoms with Crippen LogP contribution in [0.4, 0.5) is 11.4 Å². The molecule has 0 saturated heterocycles. The average molecular weight is 430 g/mol. The van der Waals surface area contributed by atoms with E-state index in [2.05, 4.69) is 15.4 Å². The summed E-state index contributed by atoms with van der Waals surface area (Å²) < 4.78 is 26.2. The molecule has 0 unspecified atom stereocenters. The second-order valence-electron chi connectivity index (χ2n) is 6.65. The van der Waals surface area contributed by atoms with Crippen molar-refractivity contribution in [1.82, 2.24) is 14.8 Å². The molecule has 1 amide bonds. The van der Waals surface area contributed by atoms with Gasteiger partial charge >= 0.3 is 0 Å². The molecule has 10 heteroatoms. The van der Waals surface area contributed by atoms with E-state index in [4.69, 9.17) is 17.3 Å². The smallest absolute Gasteiger partial charge is 0.252 e. The Labute approximate surface area is 171 Å². The Morgan fingerprint density at radius 1 is 1.21 bits per heavy atom. The van der Waals surface area contributed by atoms with Gasteiger partial charge in [0.05, 0.1) is 33.4 Å². The highest BCUT2D eigenvalue weighted by Crippen LogP contribution is 2.35. The molecule has 0 radical (unpaired) electrons. The lowest BCUT2D eigenvalue weighted by Gasteiger charge is -2.15. The minimum atomic E-state index is -3.60. The van der Waals surface area contributed by atoms with E-state index in [1.807, 2.05) is 25.2 Å². The van der Waals surface area contributed by atoms with Crippen molar-refractivity contribution in [3.05, 3.63) is 53.3 Å². The van der Waals surface area contributed by atoms with E-state index in [-0.39, 0.29) is 21.0 Å². The van der Waals surface area contributed by atoms with E-state index < -0.39 is 15.7 Å². The van der Waals surface area contributed by atoms with Crippen molar-refractivity contribution in [2.24, 2.45) is 12.8 Å². The summed E-state index contributed by atoms with van der Waals surface area (Å²) in [5.74, 6) is -0.704. The maximum Gasteiger partial charge on any atom is 0.252 e. The number of primary amides is 1. The third-order valence-corrected chi connectivity index (χ3v) is 5.91. The number of nitrogens with one attached hydrogen (secondary N) is 1. The van der Waals surface area contributed by atoms with Crippen LogP contribution in [0.2, 0.25) is 5.02 Å². The average Bonchev–Trinajstić information content (AvgIpc) is 3.01. The second-order valence-corrected chi connectivity index (χ2v) is 9.07. The van der Waals surface area contributed by atoms with Crippen LogP contribution in [-0.2, 0) is 16.9 Å². The summed E-state index contributed by atoms with van der Waals surface area (Å²) in [6, 6.07) is 8.45. The highest BCUT2D eigenvalue weighted by atomic mass is 35.5. The number of nitrogens with zero attached hydrogens (tertiary/aromatic N) is 3. The van der Waals surface area contributed by atoms with Crippen LogP contribution < -0.4 is 11.1 Å². The fourth-order valence-electron chi connectivity index (χ4n) is 3.21. The van der Waals surface area contributed by atoms with E-state index in [0.717, 1.165) is 17.2 Å². The summed E-state index contributed by atoms with van der Waals surface area (Å²) in [4.78, 5) is 16.2. The van der Waals surface area contributed by atoms with Crippen LogP contribution >= 0.6 is 11.6 Å². The number of halogens is 1. The highest BCUT2D eigenvalue weighted by molar-refractivity contribution is 7.91. The van der Waals surface area contributed by atoms with Gasteiger partial charge in [0.2, 0.25) is 0 Å². The zero-order chi connectivity index (χ0) is 20.9. The van der Waals surface area contributed by atoms with Gasteiger partial charge in [0.1, 0.15) is 0 Å². The third kappa shape index (κ3) is 3.39. The number of carbonyl (C=O) groups excluding carboxylic acids is 1. The Morgan fingerprint density at radius 2 is 1.97 bits per heavy atom. The van der Waals surface area contributed by atoms with Crippen molar-refractivity contribution in [2.45, 2.75) is 4.90 Å². The zero-order valence-electron chi connectivity index (χ0n) is 15.5. The van der Waals surface area contributed by atoms with Crippen LogP contribution in [0.15, 0.2) is 47.6 Å². The van der Waals surface area contributed by atoms with Crippen molar-refractivity contribution in [1.29, 1.82) is 0 Å². The van der Waals surface area contributed by atoms with E-state index in [1.165, 1.54) is 12.3 Å². The molecule has 2 heterocycles. The maximum atomic E-state index is 12.2. The quantitative estimate of drug-likeness (QED) is 0.514. The monoisotopic (exact) mass is 429 g/mol. The van der Waals surface area contributed by atoms with Crippen LogP contribution in [0.3, 0.4) is 0 Å². The van der Waals surface area contributed by atoms with Crippen LogP contribution in [0.1, 0.15) is 10.4 Å². The number of hydrogen-bond acceptors (Lipinski definition) is 6. The lowest BCUT2D eigenvalue weighted by molar-refractivity contribution is 0.100. The van der Waals surface area contributed by atoms with Crippen LogP contribution in [0.5, 0.6) is 0 Å². The fraction of sp³-hybridized carbons (Fsp3) is 0.105. The number of nitrogens with two attached hydrogens (primary N) is 1. The second kappa shape index (κ2) is 6.71.